The van der Waals surface area contributed by atoms with Crippen molar-refractivity contribution in [1.29, 1.82) is 0 Å². The van der Waals surface area contributed by atoms with Crippen LogP contribution in [0.4, 0.5) is 0 Å². The molecule has 1 aliphatic rings. The number of rotatable bonds is 3. The fourth-order valence-electron chi connectivity index (χ4n) is 2.67. The van der Waals surface area contributed by atoms with Gasteiger partial charge in [-0.3, -0.25) is 0 Å². The second-order valence-electron chi connectivity index (χ2n) is 4.81. The molecule has 0 radical (unpaired) electrons. The Morgan fingerprint density at radius 2 is 1.89 bits per heavy atom. The van der Waals surface area contributed by atoms with Gasteiger partial charge in [0.1, 0.15) is 0 Å². The van der Waals surface area contributed by atoms with Crippen LogP contribution in [0.25, 0.3) is 11.1 Å². The molecule has 2 aromatic carbocycles. The number of benzene rings is 2. The maximum Gasteiger partial charge on any atom is 0.0386 e. The summed E-state index contributed by atoms with van der Waals surface area (Å²) in [4.78, 5) is 0. The van der Waals surface area contributed by atoms with E-state index in [2.05, 4.69) is 48.7 Å². The van der Waals surface area contributed by atoms with Crippen LogP contribution in [0, 0.1) is 0 Å². The van der Waals surface area contributed by atoms with E-state index in [-0.39, 0.29) is 6.04 Å². The summed E-state index contributed by atoms with van der Waals surface area (Å²) in [5.74, 6) is 0.978. The Hall–Kier alpha value is -1.25. The molecular formula is C16H17NS. The summed E-state index contributed by atoms with van der Waals surface area (Å²) >= 11 is 1.80. The third-order valence-corrected chi connectivity index (χ3v) is 4.28. The van der Waals surface area contributed by atoms with Crippen molar-refractivity contribution in [1.82, 2.24) is 0 Å². The minimum Gasteiger partial charge on any atom is -0.323 e. The highest BCUT2D eigenvalue weighted by Crippen LogP contribution is 2.37. The highest BCUT2D eigenvalue weighted by Gasteiger charge is 2.18. The molecule has 0 aromatic heterocycles. The SMILES string of the molecule is CSCC(N)c1ccc2c(c1)Cc1ccccc1-2. The normalized spacial score (nSPS) is 14.1. The van der Waals surface area contributed by atoms with E-state index < -0.39 is 0 Å². The summed E-state index contributed by atoms with van der Waals surface area (Å²) in [6.45, 7) is 0. The minimum absolute atomic E-state index is 0.147. The van der Waals surface area contributed by atoms with E-state index in [4.69, 9.17) is 5.73 Å². The molecule has 0 bridgehead atoms. The molecule has 1 unspecified atom stereocenters. The van der Waals surface area contributed by atoms with Gasteiger partial charge in [-0.15, -0.1) is 0 Å². The third kappa shape index (κ3) is 1.96. The Morgan fingerprint density at radius 1 is 1.11 bits per heavy atom. The zero-order valence-corrected chi connectivity index (χ0v) is 11.3. The molecule has 2 N–H and O–H groups in total. The predicted octanol–water partition coefficient (Wildman–Crippen LogP) is 3.62. The molecule has 1 aliphatic carbocycles. The Bertz CT molecular complexity index is 577. The van der Waals surface area contributed by atoms with Crippen molar-refractivity contribution in [3.63, 3.8) is 0 Å². The van der Waals surface area contributed by atoms with E-state index in [1.807, 2.05) is 0 Å². The molecule has 1 nitrogen and oxygen atoms in total. The molecule has 0 aliphatic heterocycles. The second-order valence-corrected chi connectivity index (χ2v) is 5.72. The van der Waals surface area contributed by atoms with Crippen LogP contribution in [-0.4, -0.2) is 12.0 Å². The quantitative estimate of drug-likeness (QED) is 0.773. The lowest BCUT2D eigenvalue weighted by molar-refractivity contribution is 0.831. The first-order valence-electron chi connectivity index (χ1n) is 6.25. The second kappa shape index (κ2) is 4.79. The maximum absolute atomic E-state index is 6.18. The van der Waals surface area contributed by atoms with Crippen LogP contribution in [-0.2, 0) is 6.42 Å². The number of hydrogen-bond acceptors (Lipinski definition) is 2. The van der Waals surface area contributed by atoms with Crippen LogP contribution >= 0.6 is 11.8 Å². The van der Waals surface area contributed by atoms with Crippen molar-refractivity contribution < 1.29 is 0 Å². The van der Waals surface area contributed by atoms with Crippen molar-refractivity contribution in [3.05, 3.63) is 59.2 Å². The number of thioether (sulfide) groups is 1. The lowest BCUT2D eigenvalue weighted by Crippen LogP contribution is -2.12. The summed E-state index contributed by atoms with van der Waals surface area (Å²) < 4.78 is 0. The Kier molecular flexibility index (Phi) is 3.14. The van der Waals surface area contributed by atoms with Gasteiger partial charge < -0.3 is 5.73 Å². The lowest BCUT2D eigenvalue weighted by Gasteiger charge is -2.12. The molecule has 0 saturated carbocycles. The third-order valence-electron chi connectivity index (χ3n) is 3.59. The highest BCUT2D eigenvalue weighted by molar-refractivity contribution is 7.98. The van der Waals surface area contributed by atoms with Crippen LogP contribution in [0.2, 0.25) is 0 Å². The van der Waals surface area contributed by atoms with Crippen LogP contribution in [0.3, 0.4) is 0 Å². The summed E-state index contributed by atoms with van der Waals surface area (Å²) in [5, 5.41) is 0. The van der Waals surface area contributed by atoms with E-state index in [0.717, 1.165) is 12.2 Å². The predicted molar refractivity (Wildman–Crippen MR) is 80.0 cm³/mol. The summed E-state index contributed by atoms with van der Waals surface area (Å²) in [5.41, 5.74) is 13.1. The van der Waals surface area contributed by atoms with E-state index in [1.165, 1.54) is 27.8 Å². The van der Waals surface area contributed by atoms with Crippen molar-refractivity contribution in [2.45, 2.75) is 12.5 Å². The van der Waals surface area contributed by atoms with Crippen molar-refractivity contribution in [2.75, 3.05) is 12.0 Å². The molecular weight excluding hydrogens is 238 g/mol. The summed E-state index contributed by atoms with van der Waals surface area (Å²) in [7, 11) is 0. The molecule has 1 atom stereocenters. The molecule has 92 valence electrons. The number of fused-ring (bicyclic) bond motifs is 3. The average molecular weight is 255 g/mol. The summed E-state index contributed by atoms with van der Waals surface area (Å²) in [6.07, 6.45) is 3.15. The number of nitrogens with two attached hydrogens (primary N) is 1. The topological polar surface area (TPSA) is 26.0 Å². The molecule has 2 aromatic rings. The van der Waals surface area contributed by atoms with Gasteiger partial charge in [-0.05, 0) is 40.5 Å². The fraction of sp³-hybridized carbons (Fsp3) is 0.250. The van der Waals surface area contributed by atoms with Crippen LogP contribution in [0.1, 0.15) is 22.7 Å². The first kappa shape index (κ1) is 11.8. The average Bonchev–Trinajstić information content (AvgIpc) is 2.76. The smallest absolute Gasteiger partial charge is 0.0386 e. The lowest BCUT2D eigenvalue weighted by atomic mass is 10.0. The molecule has 3 rings (SSSR count). The molecule has 2 heteroatoms. The monoisotopic (exact) mass is 255 g/mol. The Morgan fingerprint density at radius 3 is 2.72 bits per heavy atom. The van der Waals surface area contributed by atoms with Gasteiger partial charge in [0.15, 0.2) is 0 Å². The minimum atomic E-state index is 0.147. The van der Waals surface area contributed by atoms with Gasteiger partial charge in [0.2, 0.25) is 0 Å². The van der Waals surface area contributed by atoms with E-state index in [1.54, 1.807) is 11.8 Å². The zero-order chi connectivity index (χ0) is 12.5. The van der Waals surface area contributed by atoms with Crippen LogP contribution < -0.4 is 5.73 Å². The molecule has 18 heavy (non-hydrogen) atoms. The highest BCUT2D eigenvalue weighted by atomic mass is 32.2. The largest absolute Gasteiger partial charge is 0.323 e. The molecule has 0 spiro atoms. The molecule has 0 heterocycles. The van der Waals surface area contributed by atoms with Crippen molar-refractivity contribution >= 4 is 11.8 Å². The van der Waals surface area contributed by atoms with E-state index >= 15 is 0 Å². The fourth-order valence-corrected chi connectivity index (χ4v) is 3.22. The maximum atomic E-state index is 6.18. The van der Waals surface area contributed by atoms with Crippen LogP contribution in [0.5, 0.6) is 0 Å². The van der Waals surface area contributed by atoms with E-state index in [9.17, 15) is 0 Å². The number of hydrogen-bond donors (Lipinski definition) is 1. The van der Waals surface area contributed by atoms with Gasteiger partial charge in [0.05, 0.1) is 0 Å². The standard InChI is InChI=1S/C16H17NS/c1-18-10-16(17)12-6-7-15-13(9-12)8-11-4-2-3-5-14(11)15/h2-7,9,16H,8,10,17H2,1H3. The summed E-state index contributed by atoms with van der Waals surface area (Å²) in [6, 6.07) is 15.5. The van der Waals surface area contributed by atoms with Gasteiger partial charge in [-0.1, -0.05) is 42.5 Å². The van der Waals surface area contributed by atoms with Gasteiger partial charge in [0.25, 0.3) is 0 Å². The first-order valence-corrected chi connectivity index (χ1v) is 7.64. The van der Waals surface area contributed by atoms with Gasteiger partial charge >= 0.3 is 0 Å². The molecule has 0 saturated heterocycles. The Balaban J connectivity index is 1.98. The zero-order valence-electron chi connectivity index (χ0n) is 10.5. The van der Waals surface area contributed by atoms with Crippen molar-refractivity contribution in [2.24, 2.45) is 5.73 Å². The molecule has 0 fully saturated rings. The van der Waals surface area contributed by atoms with E-state index in [0.29, 0.717) is 0 Å². The van der Waals surface area contributed by atoms with Gasteiger partial charge in [-0.2, -0.15) is 11.8 Å². The molecule has 0 amide bonds. The van der Waals surface area contributed by atoms with Crippen LogP contribution in [0.15, 0.2) is 42.5 Å². The van der Waals surface area contributed by atoms with Gasteiger partial charge in [0, 0.05) is 11.8 Å². The first-order chi connectivity index (χ1) is 8.79. The van der Waals surface area contributed by atoms with Crippen molar-refractivity contribution in [3.8, 4) is 11.1 Å². The van der Waals surface area contributed by atoms with Gasteiger partial charge in [-0.25, -0.2) is 0 Å². The Labute approximate surface area is 112 Å².